The van der Waals surface area contributed by atoms with Gasteiger partial charge >= 0.3 is 0 Å². The van der Waals surface area contributed by atoms with Crippen LogP contribution in [0.4, 0.5) is 0 Å². The lowest BCUT2D eigenvalue weighted by molar-refractivity contribution is 0.100. The summed E-state index contributed by atoms with van der Waals surface area (Å²) in [7, 11) is 0. The fourth-order valence-corrected chi connectivity index (χ4v) is 2.60. The highest BCUT2D eigenvalue weighted by Crippen LogP contribution is 2.27. The van der Waals surface area contributed by atoms with Gasteiger partial charge in [-0.2, -0.15) is 5.10 Å². The van der Waals surface area contributed by atoms with Gasteiger partial charge in [0, 0.05) is 11.6 Å². The summed E-state index contributed by atoms with van der Waals surface area (Å²) in [6.07, 6.45) is 1.66. The lowest BCUT2D eigenvalue weighted by atomic mass is 10.0. The van der Waals surface area contributed by atoms with Crippen molar-refractivity contribution in [3.05, 3.63) is 47.7 Å². The van der Waals surface area contributed by atoms with Gasteiger partial charge in [-0.15, -0.1) is 0 Å². The zero-order valence-electron chi connectivity index (χ0n) is 12.9. The summed E-state index contributed by atoms with van der Waals surface area (Å²) in [6, 6.07) is 9.84. The van der Waals surface area contributed by atoms with Crippen LogP contribution in [-0.4, -0.2) is 20.7 Å². The van der Waals surface area contributed by atoms with Gasteiger partial charge in [0.1, 0.15) is 0 Å². The Kier molecular flexibility index (Phi) is 3.41. The molecule has 0 fully saturated rings. The Balaban J connectivity index is 2.35. The molecule has 5 nitrogen and oxygen atoms in total. The third-order valence-electron chi connectivity index (χ3n) is 3.74. The molecule has 1 aromatic carbocycles. The van der Waals surface area contributed by atoms with E-state index in [9.17, 15) is 4.79 Å². The molecule has 0 radical (unpaired) electrons. The van der Waals surface area contributed by atoms with Crippen LogP contribution in [0.1, 0.15) is 35.8 Å². The molecule has 0 spiro atoms. The molecule has 0 unspecified atom stereocenters. The number of carbonyl (C=O) groups excluding carboxylic acids is 1. The molecule has 3 aromatic rings. The van der Waals surface area contributed by atoms with E-state index in [0.717, 1.165) is 16.8 Å². The van der Waals surface area contributed by atoms with E-state index in [1.54, 1.807) is 12.3 Å². The van der Waals surface area contributed by atoms with Gasteiger partial charge in [0.2, 0.25) is 5.91 Å². The second kappa shape index (κ2) is 5.26. The molecule has 22 heavy (non-hydrogen) atoms. The number of fused-ring (bicyclic) bond motifs is 1. The quantitative estimate of drug-likeness (QED) is 0.806. The van der Waals surface area contributed by atoms with Gasteiger partial charge in [0.05, 0.1) is 22.8 Å². The number of hydrogen-bond acceptors (Lipinski definition) is 3. The van der Waals surface area contributed by atoms with Gasteiger partial charge in [-0.25, -0.2) is 9.67 Å². The highest BCUT2D eigenvalue weighted by Gasteiger charge is 2.17. The maximum atomic E-state index is 11.8. The highest BCUT2D eigenvalue weighted by atomic mass is 16.1. The molecular weight excluding hydrogens is 276 g/mol. The first-order valence-corrected chi connectivity index (χ1v) is 7.23. The molecule has 5 heteroatoms. The van der Waals surface area contributed by atoms with Gasteiger partial charge < -0.3 is 5.73 Å². The number of benzene rings is 1. The minimum absolute atomic E-state index is 0.151. The second-order valence-electron chi connectivity index (χ2n) is 5.65. The molecule has 0 aliphatic heterocycles. The first-order chi connectivity index (χ1) is 10.5. The van der Waals surface area contributed by atoms with Crippen LogP contribution in [0.15, 0.2) is 36.5 Å². The lowest BCUT2D eigenvalue weighted by Gasteiger charge is -2.10. The average molecular weight is 294 g/mol. The molecule has 0 saturated heterocycles. The van der Waals surface area contributed by atoms with Crippen molar-refractivity contribution >= 4 is 16.9 Å². The number of aryl methyl sites for hydroxylation is 1. The number of rotatable bonds is 3. The van der Waals surface area contributed by atoms with Crippen molar-refractivity contribution in [2.75, 3.05) is 0 Å². The fourth-order valence-electron chi connectivity index (χ4n) is 2.60. The molecule has 2 N–H and O–H groups in total. The van der Waals surface area contributed by atoms with Crippen LogP contribution in [0.3, 0.4) is 0 Å². The van der Waals surface area contributed by atoms with Crippen molar-refractivity contribution in [1.29, 1.82) is 0 Å². The van der Waals surface area contributed by atoms with Crippen molar-refractivity contribution in [2.24, 2.45) is 5.73 Å². The Labute approximate surface area is 128 Å². The Morgan fingerprint density at radius 2 is 2.00 bits per heavy atom. The predicted octanol–water partition coefficient (Wildman–Crippen LogP) is 3.09. The summed E-state index contributed by atoms with van der Waals surface area (Å²) in [5, 5.41) is 5.03. The molecule has 0 aliphatic carbocycles. The van der Waals surface area contributed by atoms with Crippen LogP contribution < -0.4 is 5.73 Å². The Hall–Kier alpha value is -2.69. The van der Waals surface area contributed by atoms with E-state index in [1.807, 2.05) is 49.7 Å². The summed E-state index contributed by atoms with van der Waals surface area (Å²) in [5.41, 5.74) is 9.51. The standard InChI is InChI=1S/C17H18N4O/c1-10(2)21-17-14(9-19-21)13(16(18)22)8-15(20-17)12-7-5-4-6-11(12)3/h4-10H,1-3H3,(H2,18,22). The third kappa shape index (κ3) is 2.24. The number of nitrogens with zero attached hydrogens (tertiary/aromatic N) is 3. The average Bonchev–Trinajstić information content (AvgIpc) is 2.90. The van der Waals surface area contributed by atoms with Crippen molar-refractivity contribution in [2.45, 2.75) is 26.8 Å². The van der Waals surface area contributed by atoms with Gasteiger partial charge in [0.15, 0.2) is 5.65 Å². The maximum Gasteiger partial charge on any atom is 0.249 e. The minimum Gasteiger partial charge on any atom is -0.366 e. The van der Waals surface area contributed by atoms with Crippen LogP contribution >= 0.6 is 0 Å². The normalized spacial score (nSPS) is 11.3. The van der Waals surface area contributed by atoms with E-state index in [0.29, 0.717) is 16.6 Å². The Morgan fingerprint density at radius 3 is 2.64 bits per heavy atom. The molecule has 3 rings (SSSR count). The molecule has 0 bridgehead atoms. The van der Waals surface area contributed by atoms with Gasteiger partial charge in [-0.05, 0) is 32.4 Å². The van der Waals surface area contributed by atoms with E-state index in [-0.39, 0.29) is 6.04 Å². The van der Waals surface area contributed by atoms with Gasteiger partial charge in [0.25, 0.3) is 0 Å². The van der Waals surface area contributed by atoms with Crippen LogP contribution in [0, 0.1) is 6.92 Å². The summed E-state index contributed by atoms with van der Waals surface area (Å²) in [6.45, 7) is 6.07. The topological polar surface area (TPSA) is 73.8 Å². The Morgan fingerprint density at radius 1 is 1.27 bits per heavy atom. The lowest BCUT2D eigenvalue weighted by Crippen LogP contribution is -2.12. The molecule has 112 valence electrons. The van der Waals surface area contributed by atoms with Gasteiger partial charge in [-0.1, -0.05) is 24.3 Å². The molecule has 0 aliphatic rings. The number of pyridine rings is 1. The van der Waals surface area contributed by atoms with E-state index in [1.165, 1.54) is 0 Å². The van der Waals surface area contributed by atoms with Crippen LogP contribution in [0.25, 0.3) is 22.3 Å². The zero-order valence-corrected chi connectivity index (χ0v) is 12.9. The SMILES string of the molecule is Cc1ccccc1-c1cc(C(N)=O)c2cnn(C(C)C)c2n1. The highest BCUT2D eigenvalue weighted by molar-refractivity contribution is 6.05. The molecule has 2 heterocycles. The number of nitrogens with two attached hydrogens (primary N) is 1. The number of amides is 1. The summed E-state index contributed by atoms with van der Waals surface area (Å²) in [5.74, 6) is -0.467. The number of aromatic nitrogens is 3. The van der Waals surface area contributed by atoms with Crippen molar-refractivity contribution in [3.8, 4) is 11.3 Å². The summed E-state index contributed by atoms with van der Waals surface area (Å²) in [4.78, 5) is 16.5. The molecule has 2 aromatic heterocycles. The number of primary amides is 1. The molecule has 0 saturated carbocycles. The summed E-state index contributed by atoms with van der Waals surface area (Å²) >= 11 is 0. The molecule has 1 amide bonds. The molecule has 0 atom stereocenters. The first-order valence-electron chi connectivity index (χ1n) is 7.23. The van der Waals surface area contributed by atoms with E-state index < -0.39 is 5.91 Å². The smallest absolute Gasteiger partial charge is 0.249 e. The summed E-state index contributed by atoms with van der Waals surface area (Å²) < 4.78 is 1.81. The first kappa shape index (κ1) is 14.3. The van der Waals surface area contributed by atoms with Crippen LogP contribution in [-0.2, 0) is 0 Å². The van der Waals surface area contributed by atoms with Gasteiger partial charge in [-0.3, -0.25) is 4.79 Å². The van der Waals surface area contributed by atoms with E-state index >= 15 is 0 Å². The van der Waals surface area contributed by atoms with E-state index in [2.05, 4.69) is 5.10 Å². The van der Waals surface area contributed by atoms with Crippen molar-refractivity contribution in [3.63, 3.8) is 0 Å². The predicted molar refractivity (Wildman–Crippen MR) is 86.6 cm³/mol. The largest absolute Gasteiger partial charge is 0.366 e. The number of carbonyl (C=O) groups is 1. The monoisotopic (exact) mass is 294 g/mol. The van der Waals surface area contributed by atoms with Crippen molar-refractivity contribution < 1.29 is 4.79 Å². The van der Waals surface area contributed by atoms with Crippen molar-refractivity contribution in [1.82, 2.24) is 14.8 Å². The Bertz CT molecular complexity index is 864. The zero-order chi connectivity index (χ0) is 15.9. The van der Waals surface area contributed by atoms with E-state index in [4.69, 9.17) is 10.7 Å². The van der Waals surface area contributed by atoms with Crippen LogP contribution in [0.5, 0.6) is 0 Å². The minimum atomic E-state index is -0.467. The second-order valence-corrected chi connectivity index (χ2v) is 5.65. The third-order valence-corrected chi connectivity index (χ3v) is 3.74. The fraction of sp³-hybridized carbons (Fsp3) is 0.235. The number of hydrogen-bond donors (Lipinski definition) is 1. The molecular formula is C17H18N4O. The van der Waals surface area contributed by atoms with Crippen LogP contribution in [0.2, 0.25) is 0 Å². The maximum absolute atomic E-state index is 11.8.